The van der Waals surface area contributed by atoms with Crippen molar-refractivity contribution in [1.29, 1.82) is 0 Å². The van der Waals surface area contributed by atoms with Gasteiger partial charge < -0.3 is 20.1 Å². The lowest BCUT2D eigenvalue weighted by Gasteiger charge is -2.23. The molecule has 0 aliphatic heterocycles. The number of phenols is 1. The van der Waals surface area contributed by atoms with Crippen LogP contribution in [0.3, 0.4) is 0 Å². The Labute approximate surface area is 170 Å². The van der Waals surface area contributed by atoms with E-state index >= 15 is 0 Å². The number of aromatic hydroxyl groups is 1. The van der Waals surface area contributed by atoms with Gasteiger partial charge in [-0.2, -0.15) is 0 Å². The van der Waals surface area contributed by atoms with Gasteiger partial charge in [-0.15, -0.1) is 0 Å². The van der Waals surface area contributed by atoms with Gasteiger partial charge in [0.05, 0.1) is 11.2 Å². The number of aliphatic hydroxyl groups is 2. The molecule has 3 N–H and O–H groups in total. The number of esters is 1. The van der Waals surface area contributed by atoms with Crippen molar-refractivity contribution in [3.63, 3.8) is 0 Å². The topological polar surface area (TPSA) is 87.0 Å². The highest BCUT2D eigenvalue weighted by atomic mass is 16.6. The summed E-state index contributed by atoms with van der Waals surface area (Å²) in [5.41, 5.74) is -0.682. The van der Waals surface area contributed by atoms with Crippen LogP contribution < -0.4 is 0 Å². The number of carbonyl (C=O) groups is 1. The first-order valence-electron chi connectivity index (χ1n) is 9.21. The highest BCUT2D eigenvalue weighted by Crippen LogP contribution is 2.17. The Balaban J connectivity index is 0. The molecule has 0 saturated carbocycles. The first kappa shape index (κ1) is 28.1. The van der Waals surface area contributed by atoms with Gasteiger partial charge in [0, 0.05) is 6.08 Å². The maximum absolute atomic E-state index is 10.5. The largest absolute Gasteiger partial charge is 0.508 e. The van der Waals surface area contributed by atoms with Crippen molar-refractivity contribution in [2.45, 2.75) is 78.1 Å². The molecule has 0 spiro atoms. The summed E-state index contributed by atoms with van der Waals surface area (Å²) in [6.07, 6.45) is 4.16. The molecule has 5 heteroatoms. The normalized spacial score (nSPS) is 11.2. The van der Waals surface area contributed by atoms with Crippen LogP contribution in [0.25, 0.3) is 6.08 Å². The maximum atomic E-state index is 10.5. The van der Waals surface area contributed by atoms with E-state index in [1.165, 1.54) is 0 Å². The molecule has 0 amide bonds. The SMILES string of the molecule is C=CC(=O)OC(C)(C)C.C=Cc1ccc(O)cc1.CC(C)(O)CCC(C)(C)O. The van der Waals surface area contributed by atoms with Crippen LogP contribution in [0.2, 0.25) is 0 Å². The molecule has 28 heavy (non-hydrogen) atoms. The molecule has 0 atom stereocenters. The number of hydrogen-bond donors (Lipinski definition) is 3. The lowest BCUT2D eigenvalue weighted by atomic mass is 9.94. The van der Waals surface area contributed by atoms with Gasteiger partial charge >= 0.3 is 5.97 Å². The average molecular weight is 395 g/mol. The van der Waals surface area contributed by atoms with Crippen molar-refractivity contribution in [3.8, 4) is 5.75 Å². The molecule has 0 heterocycles. The average Bonchev–Trinajstić information content (AvgIpc) is 2.52. The summed E-state index contributed by atoms with van der Waals surface area (Å²) in [5.74, 6) is -0.0805. The first-order chi connectivity index (χ1) is 12.5. The Morgan fingerprint density at radius 1 is 0.929 bits per heavy atom. The second-order valence-electron chi connectivity index (χ2n) is 8.66. The lowest BCUT2D eigenvalue weighted by Crippen LogP contribution is -2.26. The summed E-state index contributed by atoms with van der Waals surface area (Å²) in [6.45, 7) is 19.3. The molecule has 0 unspecified atom stereocenters. The third-order valence-corrected chi connectivity index (χ3v) is 3.05. The monoisotopic (exact) mass is 394 g/mol. The number of benzene rings is 1. The zero-order chi connectivity index (χ0) is 22.6. The smallest absolute Gasteiger partial charge is 0.330 e. The maximum Gasteiger partial charge on any atom is 0.330 e. The molecule has 0 radical (unpaired) electrons. The van der Waals surface area contributed by atoms with Crippen molar-refractivity contribution in [1.82, 2.24) is 0 Å². The fourth-order valence-corrected chi connectivity index (χ4v) is 1.57. The molecule has 0 aromatic heterocycles. The molecule has 0 aliphatic rings. The minimum atomic E-state index is -0.653. The van der Waals surface area contributed by atoms with Gasteiger partial charge in [-0.25, -0.2) is 4.79 Å². The van der Waals surface area contributed by atoms with E-state index < -0.39 is 16.8 Å². The minimum Gasteiger partial charge on any atom is -0.508 e. The van der Waals surface area contributed by atoms with E-state index in [-0.39, 0.29) is 5.97 Å². The van der Waals surface area contributed by atoms with E-state index in [1.54, 1.807) is 45.9 Å². The minimum absolute atomic E-state index is 0.292. The third kappa shape index (κ3) is 21.9. The molecular weight excluding hydrogens is 356 g/mol. The second-order valence-corrected chi connectivity index (χ2v) is 8.66. The number of ether oxygens (including phenoxy) is 1. The molecule has 0 fully saturated rings. The van der Waals surface area contributed by atoms with Crippen molar-refractivity contribution in [2.24, 2.45) is 0 Å². The molecule has 0 aliphatic carbocycles. The van der Waals surface area contributed by atoms with Crippen molar-refractivity contribution in [2.75, 3.05) is 0 Å². The number of rotatable bonds is 5. The van der Waals surface area contributed by atoms with E-state index in [0.717, 1.165) is 11.6 Å². The van der Waals surface area contributed by atoms with Crippen LogP contribution in [0.1, 0.15) is 66.9 Å². The van der Waals surface area contributed by atoms with Gasteiger partial charge in [0.15, 0.2) is 0 Å². The van der Waals surface area contributed by atoms with Crippen molar-refractivity contribution >= 4 is 12.0 Å². The molecule has 1 aromatic rings. The summed E-state index contributed by atoms with van der Waals surface area (Å²) in [7, 11) is 0. The van der Waals surface area contributed by atoms with E-state index in [0.29, 0.717) is 18.6 Å². The number of carbonyl (C=O) groups excluding carboxylic acids is 1. The summed E-state index contributed by atoms with van der Waals surface area (Å²) >= 11 is 0. The fourth-order valence-electron chi connectivity index (χ4n) is 1.57. The Kier molecular flexibility index (Phi) is 12.4. The van der Waals surface area contributed by atoms with Crippen LogP contribution in [0, 0.1) is 0 Å². The standard InChI is InChI=1S/C8H18O2.C8H8O.C7H12O2/c1-7(2,9)5-6-8(3,4)10;1-2-7-3-5-8(9)6-4-7;1-5-6(8)9-7(2,3)4/h9-10H,5-6H2,1-4H3;2-6,9H,1H2;5H,1H2,2-4H3. The Morgan fingerprint density at radius 3 is 1.54 bits per heavy atom. The Morgan fingerprint density at radius 2 is 1.32 bits per heavy atom. The quantitative estimate of drug-likeness (QED) is 0.490. The van der Waals surface area contributed by atoms with E-state index in [4.69, 9.17) is 9.84 Å². The van der Waals surface area contributed by atoms with Crippen molar-refractivity contribution < 1.29 is 24.9 Å². The van der Waals surface area contributed by atoms with Crippen LogP contribution >= 0.6 is 0 Å². The van der Waals surface area contributed by atoms with Gasteiger partial charge in [0.25, 0.3) is 0 Å². The molecule has 0 saturated heterocycles. The summed E-state index contributed by atoms with van der Waals surface area (Å²) < 4.78 is 4.83. The third-order valence-electron chi connectivity index (χ3n) is 3.05. The zero-order valence-corrected chi connectivity index (χ0v) is 18.5. The fraction of sp³-hybridized carbons (Fsp3) is 0.522. The molecule has 1 rings (SSSR count). The molecular formula is C23H38O5. The van der Waals surface area contributed by atoms with E-state index in [2.05, 4.69) is 13.2 Å². The highest BCUT2D eigenvalue weighted by molar-refractivity contribution is 5.81. The Bertz CT molecular complexity index is 567. The lowest BCUT2D eigenvalue weighted by molar-refractivity contribution is -0.148. The first-order valence-corrected chi connectivity index (χ1v) is 9.21. The zero-order valence-electron chi connectivity index (χ0n) is 18.5. The second kappa shape index (κ2) is 12.4. The highest BCUT2D eigenvalue weighted by Gasteiger charge is 2.19. The Hall–Kier alpha value is -2.11. The number of phenolic OH excluding ortho intramolecular Hbond substituents is 1. The van der Waals surface area contributed by atoms with Gasteiger partial charge in [0.2, 0.25) is 0 Å². The summed E-state index contributed by atoms with van der Waals surface area (Å²) in [5, 5.41) is 27.4. The predicted octanol–water partition coefficient (Wildman–Crippen LogP) is 4.86. The number of hydrogen-bond acceptors (Lipinski definition) is 5. The van der Waals surface area contributed by atoms with Gasteiger partial charge in [-0.1, -0.05) is 31.4 Å². The molecule has 5 nitrogen and oxygen atoms in total. The van der Waals surface area contributed by atoms with Crippen molar-refractivity contribution in [3.05, 3.63) is 49.1 Å². The summed E-state index contributed by atoms with van der Waals surface area (Å²) in [6, 6.07) is 6.89. The van der Waals surface area contributed by atoms with Crippen LogP contribution in [0.15, 0.2) is 43.5 Å². The van der Waals surface area contributed by atoms with Gasteiger partial charge in [-0.3, -0.25) is 0 Å². The molecule has 160 valence electrons. The van der Waals surface area contributed by atoms with Crippen LogP contribution in [0.5, 0.6) is 5.75 Å². The summed E-state index contributed by atoms with van der Waals surface area (Å²) in [4.78, 5) is 10.5. The van der Waals surface area contributed by atoms with Crippen LogP contribution in [-0.4, -0.2) is 38.1 Å². The molecule has 0 bridgehead atoms. The predicted molar refractivity (Wildman–Crippen MR) is 116 cm³/mol. The van der Waals surface area contributed by atoms with Gasteiger partial charge in [0.1, 0.15) is 11.4 Å². The van der Waals surface area contributed by atoms with Crippen LogP contribution in [0.4, 0.5) is 0 Å². The van der Waals surface area contributed by atoms with E-state index in [1.807, 2.05) is 32.9 Å². The van der Waals surface area contributed by atoms with Gasteiger partial charge in [-0.05, 0) is 79.0 Å². The molecule has 1 aromatic carbocycles. The van der Waals surface area contributed by atoms with Crippen LogP contribution in [-0.2, 0) is 9.53 Å². The van der Waals surface area contributed by atoms with E-state index in [9.17, 15) is 15.0 Å².